The first-order valence-electron chi connectivity index (χ1n) is 6.43. The van der Waals surface area contributed by atoms with Crippen LogP contribution in [-0.2, 0) is 4.79 Å². The van der Waals surface area contributed by atoms with Gasteiger partial charge in [0, 0.05) is 14.1 Å². The van der Waals surface area contributed by atoms with Crippen molar-refractivity contribution < 1.29 is 9.59 Å². The molecular formula is C13H18Cl2N4O2. The fraction of sp³-hybridized carbons (Fsp3) is 0.538. The van der Waals surface area contributed by atoms with E-state index in [1.165, 1.54) is 11.0 Å². The van der Waals surface area contributed by atoms with E-state index in [4.69, 9.17) is 23.2 Å². The molecule has 0 aliphatic rings. The molecule has 116 valence electrons. The first kappa shape index (κ1) is 17.7. The van der Waals surface area contributed by atoms with Crippen molar-refractivity contribution in [3.63, 3.8) is 0 Å². The van der Waals surface area contributed by atoms with Gasteiger partial charge in [-0.2, -0.15) is 0 Å². The lowest BCUT2D eigenvalue weighted by Crippen LogP contribution is -2.47. The molecule has 0 spiro atoms. The molecule has 1 aromatic heterocycles. The first-order valence-corrected chi connectivity index (χ1v) is 7.18. The monoisotopic (exact) mass is 332 g/mol. The molecule has 1 rings (SSSR count). The Labute approximate surface area is 133 Å². The number of halogens is 2. The summed E-state index contributed by atoms with van der Waals surface area (Å²) in [4.78, 5) is 25.8. The van der Waals surface area contributed by atoms with Gasteiger partial charge >= 0.3 is 0 Å². The predicted molar refractivity (Wildman–Crippen MR) is 81.5 cm³/mol. The first-order chi connectivity index (χ1) is 9.72. The van der Waals surface area contributed by atoms with Crippen LogP contribution in [0.2, 0.25) is 10.3 Å². The van der Waals surface area contributed by atoms with Crippen molar-refractivity contribution in [3.8, 4) is 0 Å². The Balaban J connectivity index is 2.94. The van der Waals surface area contributed by atoms with E-state index < -0.39 is 11.9 Å². The van der Waals surface area contributed by atoms with Crippen molar-refractivity contribution in [2.24, 2.45) is 5.92 Å². The summed E-state index contributed by atoms with van der Waals surface area (Å²) in [5.41, 5.74) is 0.0944. The maximum absolute atomic E-state index is 12.2. The van der Waals surface area contributed by atoms with Crippen LogP contribution in [0.15, 0.2) is 6.07 Å². The average molecular weight is 333 g/mol. The number of nitrogens with one attached hydrogen (secondary N) is 1. The third-order valence-electron chi connectivity index (χ3n) is 2.71. The molecule has 1 atom stereocenters. The second-order valence-electron chi connectivity index (χ2n) is 5.26. The minimum absolute atomic E-state index is 0.0579. The lowest BCUT2D eigenvalue weighted by Gasteiger charge is -2.23. The van der Waals surface area contributed by atoms with Crippen LogP contribution < -0.4 is 5.32 Å². The summed E-state index contributed by atoms with van der Waals surface area (Å²) in [6.45, 7) is 3.94. The molecular weight excluding hydrogens is 315 g/mol. The van der Waals surface area contributed by atoms with Crippen molar-refractivity contribution in [1.82, 2.24) is 20.4 Å². The van der Waals surface area contributed by atoms with E-state index in [0.717, 1.165) is 0 Å². The van der Waals surface area contributed by atoms with Gasteiger partial charge in [0.1, 0.15) is 6.04 Å². The van der Waals surface area contributed by atoms with Crippen molar-refractivity contribution in [3.05, 3.63) is 21.9 Å². The van der Waals surface area contributed by atoms with Crippen molar-refractivity contribution in [2.75, 3.05) is 14.1 Å². The van der Waals surface area contributed by atoms with Gasteiger partial charge in [-0.05, 0) is 18.4 Å². The lowest BCUT2D eigenvalue weighted by atomic mass is 10.0. The third-order valence-corrected chi connectivity index (χ3v) is 3.18. The Morgan fingerprint density at radius 2 is 1.90 bits per heavy atom. The van der Waals surface area contributed by atoms with Gasteiger partial charge in [-0.15, -0.1) is 10.2 Å². The van der Waals surface area contributed by atoms with Crippen molar-refractivity contribution >= 4 is 35.0 Å². The zero-order valence-corrected chi connectivity index (χ0v) is 13.9. The number of hydrogen-bond acceptors (Lipinski definition) is 4. The fourth-order valence-electron chi connectivity index (χ4n) is 1.75. The zero-order chi connectivity index (χ0) is 16.2. The molecule has 21 heavy (non-hydrogen) atoms. The maximum atomic E-state index is 12.2. The van der Waals surface area contributed by atoms with Crippen LogP contribution in [0.4, 0.5) is 0 Å². The smallest absolute Gasteiger partial charge is 0.255 e. The molecule has 0 saturated carbocycles. The standard InChI is InChI=1S/C13H18Cl2N4O2/c1-7(2)5-9(13(21)19(3)4)16-12(20)8-6-10(14)17-18-11(8)15/h6-7,9H,5H2,1-4H3,(H,16,20). The average Bonchev–Trinajstić information content (AvgIpc) is 2.39. The Kier molecular flexibility index (Phi) is 6.36. The SMILES string of the molecule is CC(C)CC(NC(=O)c1cc(Cl)nnc1Cl)C(=O)N(C)C. The van der Waals surface area contributed by atoms with E-state index in [9.17, 15) is 9.59 Å². The molecule has 1 N–H and O–H groups in total. The predicted octanol–water partition coefficient (Wildman–Crippen LogP) is 2.02. The van der Waals surface area contributed by atoms with Crippen molar-refractivity contribution in [1.29, 1.82) is 0 Å². The summed E-state index contributed by atoms with van der Waals surface area (Å²) < 4.78 is 0. The summed E-state index contributed by atoms with van der Waals surface area (Å²) in [7, 11) is 3.28. The minimum Gasteiger partial charge on any atom is -0.347 e. The molecule has 0 radical (unpaired) electrons. The van der Waals surface area contributed by atoms with Gasteiger partial charge in [-0.25, -0.2) is 0 Å². The third kappa shape index (κ3) is 5.13. The molecule has 0 aromatic carbocycles. The van der Waals surface area contributed by atoms with Gasteiger partial charge in [0.15, 0.2) is 10.3 Å². The van der Waals surface area contributed by atoms with E-state index in [1.54, 1.807) is 14.1 Å². The largest absolute Gasteiger partial charge is 0.347 e. The van der Waals surface area contributed by atoms with E-state index in [0.29, 0.717) is 6.42 Å². The Bertz CT molecular complexity index is 535. The van der Waals surface area contributed by atoms with Gasteiger partial charge < -0.3 is 10.2 Å². The number of hydrogen-bond donors (Lipinski definition) is 1. The van der Waals surface area contributed by atoms with Crippen LogP contribution in [0.1, 0.15) is 30.6 Å². The number of carbonyl (C=O) groups excluding carboxylic acids is 2. The van der Waals surface area contributed by atoms with Gasteiger partial charge in [-0.3, -0.25) is 9.59 Å². The molecule has 8 heteroatoms. The highest BCUT2D eigenvalue weighted by Gasteiger charge is 2.25. The van der Waals surface area contributed by atoms with Crippen LogP contribution in [0.3, 0.4) is 0 Å². The number of aromatic nitrogens is 2. The molecule has 1 unspecified atom stereocenters. The Hall–Kier alpha value is -1.40. The highest BCUT2D eigenvalue weighted by Crippen LogP contribution is 2.16. The summed E-state index contributed by atoms with van der Waals surface area (Å²) in [6, 6.07) is 0.689. The van der Waals surface area contributed by atoms with Gasteiger partial charge in [0.2, 0.25) is 5.91 Å². The molecule has 0 fully saturated rings. The van der Waals surface area contributed by atoms with E-state index in [1.807, 2.05) is 13.8 Å². The molecule has 6 nitrogen and oxygen atoms in total. The number of rotatable bonds is 5. The lowest BCUT2D eigenvalue weighted by molar-refractivity contribution is -0.131. The molecule has 1 heterocycles. The highest BCUT2D eigenvalue weighted by atomic mass is 35.5. The molecule has 0 aliphatic heterocycles. The van der Waals surface area contributed by atoms with Gasteiger partial charge in [0.05, 0.1) is 5.56 Å². The van der Waals surface area contributed by atoms with Crippen LogP contribution in [0.5, 0.6) is 0 Å². The summed E-state index contributed by atoms with van der Waals surface area (Å²) in [5, 5.41) is 9.79. The summed E-state index contributed by atoms with van der Waals surface area (Å²) in [6.07, 6.45) is 0.520. The van der Waals surface area contributed by atoms with E-state index in [-0.39, 0.29) is 27.7 Å². The highest BCUT2D eigenvalue weighted by molar-refractivity contribution is 6.34. The molecule has 2 amide bonds. The van der Waals surface area contributed by atoms with Gasteiger partial charge in [-0.1, -0.05) is 37.0 Å². The van der Waals surface area contributed by atoms with Crippen LogP contribution in [0, 0.1) is 5.92 Å². The number of carbonyl (C=O) groups is 2. The van der Waals surface area contributed by atoms with E-state index >= 15 is 0 Å². The molecule has 0 bridgehead atoms. The molecule has 1 aromatic rings. The molecule has 0 aliphatic carbocycles. The zero-order valence-electron chi connectivity index (χ0n) is 12.4. The van der Waals surface area contributed by atoms with Gasteiger partial charge in [0.25, 0.3) is 5.91 Å². The second-order valence-corrected chi connectivity index (χ2v) is 6.01. The number of amides is 2. The molecule has 0 saturated heterocycles. The topological polar surface area (TPSA) is 75.2 Å². The quantitative estimate of drug-likeness (QED) is 0.894. The Morgan fingerprint density at radius 3 is 2.43 bits per heavy atom. The van der Waals surface area contributed by atoms with Crippen molar-refractivity contribution in [2.45, 2.75) is 26.3 Å². The maximum Gasteiger partial charge on any atom is 0.255 e. The number of likely N-dealkylation sites (N-methyl/N-ethyl adjacent to an activating group) is 1. The van der Waals surface area contributed by atoms with Crippen LogP contribution >= 0.6 is 23.2 Å². The van der Waals surface area contributed by atoms with Crippen LogP contribution in [-0.4, -0.2) is 47.0 Å². The Morgan fingerprint density at radius 1 is 1.29 bits per heavy atom. The summed E-state index contributed by atoms with van der Waals surface area (Å²) in [5.74, 6) is -0.437. The van der Waals surface area contributed by atoms with E-state index in [2.05, 4.69) is 15.5 Å². The normalized spacial score (nSPS) is 12.1. The second kappa shape index (κ2) is 7.56. The summed E-state index contributed by atoms with van der Waals surface area (Å²) >= 11 is 11.5. The van der Waals surface area contributed by atoms with Crippen LogP contribution in [0.25, 0.3) is 0 Å². The number of nitrogens with zero attached hydrogens (tertiary/aromatic N) is 3. The minimum atomic E-state index is -0.629. The fourth-order valence-corrected chi connectivity index (χ4v) is 2.08.